The fourth-order valence-corrected chi connectivity index (χ4v) is 5.31. The topological polar surface area (TPSA) is 98.9 Å². The average molecular weight is 491 g/mol. The highest BCUT2D eigenvalue weighted by Crippen LogP contribution is 2.43. The van der Waals surface area contributed by atoms with Gasteiger partial charge in [-0.1, -0.05) is 23.5 Å². The SMILES string of the molecule is COC(=O)c1sc(N2C(=O)c3oc4cc(C)c(C)cc4c(=O)c3[C@@H]2c2ccc(OC)cc2)nc1C. The molecule has 1 amide bonds. The highest BCUT2D eigenvalue weighted by atomic mass is 32.1. The molecule has 35 heavy (non-hydrogen) atoms. The second-order valence-electron chi connectivity index (χ2n) is 8.36. The van der Waals surface area contributed by atoms with E-state index in [1.807, 2.05) is 13.8 Å². The summed E-state index contributed by atoms with van der Waals surface area (Å²) in [7, 11) is 2.85. The standard InChI is InChI=1S/C26H22N2O6S/c1-12-10-17-18(11-13(12)2)34-22-19(21(17)29)20(15-6-8-16(32-4)9-7-15)28(24(22)30)26-27-14(3)23(35-26)25(31)33-5/h6-11,20H,1-5H3/t20-/m0/s1. The summed E-state index contributed by atoms with van der Waals surface area (Å²) in [6.07, 6.45) is 0. The minimum atomic E-state index is -0.790. The van der Waals surface area contributed by atoms with Crippen molar-refractivity contribution in [2.45, 2.75) is 26.8 Å². The van der Waals surface area contributed by atoms with Crippen LogP contribution in [0.5, 0.6) is 5.75 Å². The molecule has 0 unspecified atom stereocenters. The Balaban J connectivity index is 1.78. The molecule has 2 aromatic heterocycles. The third-order valence-electron chi connectivity index (χ3n) is 6.28. The molecule has 0 fully saturated rings. The number of methoxy groups -OCH3 is 2. The highest BCUT2D eigenvalue weighted by Gasteiger charge is 2.45. The van der Waals surface area contributed by atoms with Gasteiger partial charge in [0.1, 0.15) is 16.2 Å². The number of nitrogens with zero attached hydrogens (tertiary/aromatic N) is 2. The maximum atomic E-state index is 13.8. The van der Waals surface area contributed by atoms with E-state index in [4.69, 9.17) is 13.9 Å². The Morgan fingerprint density at radius 2 is 1.74 bits per heavy atom. The molecule has 0 radical (unpaired) electrons. The summed E-state index contributed by atoms with van der Waals surface area (Å²) in [6.45, 7) is 5.51. The van der Waals surface area contributed by atoms with Crippen LogP contribution in [0.1, 0.15) is 54.2 Å². The quantitative estimate of drug-likeness (QED) is 0.382. The molecule has 1 aliphatic heterocycles. The number of esters is 1. The van der Waals surface area contributed by atoms with Crippen molar-refractivity contribution in [2.75, 3.05) is 19.1 Å². The minimum Gasteiger partial charge on any atom is -0.497 e. The lowest BCUT2D eigenvalue weighted by Crippen LogP contribution is -2.29. The predicted octanol–water partition coefficient (Wildman–Crippen LogP) is 4.72. The van der Waals surface area contributed by atoms with Gasteiger partial charge in [0, 0.05) is 0 Å². The summed E-state index contributed by atoms with van der Waals surface area (Å²) in [6, 6.07) is 9.89. The van der Waals surface area contributed by atoms with Crippen LogP contribution < -0.4 is 15.1 Å². The Morgan fingerprint density at radius 1 is 1.06 bits per heavy atom. The summed E-state index contributed by atoms with van der Waals surface area (Å²) < 4.78 is 16.2. The van der Waals surface area contributed by atoms with E-state index < -0.39 is 17.9 Å². The molecule has 0 bridgehead atoms. The van der Waals surface area contributed by atoms with Gasteiger partial charge in [0.05, 0.1) is 36.9 Å². The van der Waals surface area contributed by atoms with Crippen molar-refractivity contribution < 1.29 is 23.5 Å². The summed E-state index contributed by atoms with van der Waals surface area (Å²) >= 11 is 1.04. The van der Waals surface area contributed by atoms with Crippen molar-refractivity contribution in [2.24, 2.45) is 0 Å². The Bertz CT molecular complexity index is 1570. The third-order valence-corrected chi connectivity index (χ3v) is 7.42. The number of anilines is 1. The molecule has 0 N–H and O–H groups in total. The van der Waals surface area contributed by atoms with E-state index in [9.17, 15) is 14.4 Å². The first kappa shape index (κ1) is 22.8. The molecule has 4 aromatic rings. The van der Waals surface area contributed by atoms with Crippen LogP contribution in [0.4, 0.5) is 5.13 Å². The number of carbonyl (C=O) groups is 2. The molecular weight excluding hydrogens is 468 g/mol. The fourth-order valence-electron chi connectivity index (χ4n) is 4.29. The van der Waals surface area contributed by atoms with Gasteiger partial charge >= 0.3 is 5.97 Å². The van der Waals surface area contributed by atoms with Crippen LogP contribution in [-0.4, -0.2) is 31.1 Å². The van der Waals surface area contributed by atoms with E-state index in [1.54, 1.807) is 50.4 Å². The number of fused-ring (bicyclic) bond motifs is 2. The van der Waals surface area contributed by atoms with E-state index in [1.165, 1.54) is 12.0 Å². The van der Waals surface area contributed by atoms with Crippen LogP contribution in [0.2, 0.25) is 0 Å². The molecule has 5 rings (SSSR count). The molecule has 8 nitrogen and oxygen atoms in total. The number of rotatable bonds is 4. The van der Waals surface area contributed by atoms with E-state index >= 15 is 0 Å². The van der Waals surface area contributed by atoms with Gasteiger partial charge in [0.25, 0.3) is 5.91 Å². The number of carbonyl (C=O) groups excluding carboxylic acids is 2. The molecule has 178 valence electrons. The van der Waals surface area contributed by atoms with Crippen LogP contribution in [-0.2, 0) is 4.74 Å². The highest BCUT2D eigenvalue weighted by molar-refractivity contribution is 7.17. The van der Waals surface area contributed by atoms with Crippen molar-refractivity contribution in [3.05, 3.63) is 85.2 Å². The lowest BCUT2D eigenvalue weighted by Gasteiger charge is -2.22. The van der Waals surface area contributed by atoms with Crippen LogP contribution in [0.25, 0.3) is 11.0 Å². The smallest absolute Gasteiger partial charge is 0.350 e. The number of benzene rings is 2. The molecule has 0 aliphatic carbocycles. The number of ether oxygens (including phenoxy) is 2. The number of aryl methyl sites for hydroxylation is 3. The number of hydrogen-bond donors (Lipinski definition) is 0. The fraction of sp³-hybridized carbons (Fsp3) is 0.231. The van der Waals surface area contributed by atoms with Crippen molar-refractivity contribution in [1.82, 2.24) is 4.98 Å². The second-order valence-corrected chi connectivity index (χ2v) is 9.34. The van der Waals surface area contributed by atoms with Gasteiger partial charge in [0.15, 0.2) is 10.6 Å². The van der Waals surface area contributed by atoms with Crippen LogP contribution in [0.15, 0.2) is 45.6 Å². The monoisotopic (exact) mass is 490 g/mol. The zero-order valence-electron chi connectivity index (χ0n) is 19.8. The summed E-state index contributed by atoms with van der Waals surface area (Å²) in [5.74, 6) is -0.427. The van der Waals surface area contributed by atoms with Gasteiger partial charge in [-0.15, -0.1) is 0 Å². The predicted molar refractivity (Wildman–Crippen MR) is 132 cm³/mol. The molecule has 1 aliphatic rings. The zero-order chi connectivity index (χ0) is 25.0. The van der Waals surface area contributed by atoms with Gasteiger partial charge in [-0.25, -0.2) is 9.78 Å². The first-order valence-electron chi connectivity index (χ1n) is 10.9. The van der Waals surface area contributed by atoms with Gasteiger partial charge in [-0.3, -0.25) is 14.5 Å². The number of amides is 1. The van der Waals surface area contributed by atoms with E-state index in [0.29, 0.717) is 28.0 Å². The van der Waals surface area contributed by atoms with E-state index in [2.05, 4.69) is 4.98 Å². The van der Waals surface area contributed by atoms with E-state index in [0.717, 1.165) is 22.5 Å². The summed E-state index contributed by atoms with van der Waals surface area (Å²) in [5.41, 5.74) is 3.33. The van der Waals surface area contributed by atoms with E-state index in [-0.39, 0.29) is 26.8 Å². The Hall–Kier alpha value is -3.98. The normalized spacial score (nSPS) is 14.9. The first-order valence-corrected chi connectivity index (χ1v) is 11.7. The molecule has 0 saturated carbocycles. The van der Waals surface area contributed by atoms with Crippen molar-refractivity contribution >= 4 is 39.3 Å². The first-order chi connectivity index (χ1) is 16.7. The van der Waals surface area contributed by atoms with Crippen LogP contribution in [0.3, 0.4) is 0 Å². The van der Waals surface area contributed by atoms with Crippen molar-refractivity contribution in [3.8, 4) is 5.75 Å². The van der Waals surface area contributed by atoms with Gasteiger partial charge < -0.3 is 13.9 Å². The van der Waals surface area contributed by atoms with Crippen molar-refractivity contribution in [3.63, 3.8) is 0 Å². The van der Waals surface area contributed by atoms with Crippen LogP contribution >= 0.6 is 11.3 Å². The largest absolute Gasteiger partial charge is 0.497 e. The Labute approximate surface area is 204 Å². The van der Waals surface area contributed by atoms with Crippen molar-refractivity contribution in [1.29, 1.82) is 0 Å². The molecule has 0 saturated heterocycles. The van der Waals surface area contributed by atoms with Crippen LogP contribution in [0, 0.1) is 20.8 Å². The molecule has 9 heteroatoms. The van der Waals surface area contributed by atoms with Gasteiger partial charge in [-0.05, 0) is 61.7 Å². The number of hydrogen-bond acceptors (Lipinski definition) is 8. The van der Waals surface area contributed by atoms with Gasteiger partial charge in [-0.2, -0.15) is 0 Å². The Morgan fingerprint density at radius 3 is 2.40 bits per heavy atom. The zero-order valence-corrected chi connectivity index (χ0v) is 20.6. The Kier molecular flexibility index (Phi) is 5.44. The lowest BCUT2D eigenvalue weighted by atomic mass is 9.97. The number of thiazole rings is 1. The second kappa shape index (κ2) is 8.35. The average Bonchev–Trinajstić information content (AvgIpc) is 3.37. The van der Waals surface area contributed by atoms with Gasteiger partial charge in [0.2, 0.25) is 5.76 Å². The number of aromatic nitrogens is 1. The molecular formula is C26H22N2O6S. The molecule has 2 aromatic carbocycles. The molecule has 0 spiro atoms. The third kappa shape index (κ3) is 3.50. The maximum Gasteiger partial charge on any atom is 0.350 e. The molecule has 3 heterocycles. The molecule has 1 atom stereocenters. The minimum absolute atomic E-state index is 0.0287. The summed E-state index contributed by atoms with van der Waals surface area (Å²) in [4.78, 5) is 45.9. The maximum absolute atomic E-state index is 13.8. The summed E-state index contributed by atoms with van der Waals surface area (Å²) in [5, 5.41) is 0.682. The lowest BCUT2D eigenvalue weighted by molar-refractivity contribution is 0.0605.